The Morgan fingerprint density at radius 3 is 2.11 bits per heavy atom. The topological polar surface area (TPSA) is 26.3 Å². The van der Waals surface area contributed by atoms with E-state index in [0.717, 1.165) is 0 Å². The van der Waals surface area contributed by atoms with Gasteiger partial charge in [0.2, 0.25) is 11.6 Å². The number of carbonyl (C=O) groups excluding carboxylic acids is 1. The Bertz CT molecular complexity index is 483. The minimum Gasteiger partial charge on any atom is -0.420 e. The number of rotatable bonds is 1. The van der Waals surface area contributed by atoms with E-state index in [1.54, 1.807) is 0 Å². The zero-order chi connectivity index (χ0) is 14.2. The molecule has 18 heavy (non-hydrogen) atoms. The maximum absolute atomic E-state index is 13.7. The summed E-state index contributed by atoms with van der Waals surface area (Å²) in [5, 5.41) is -0.384. The van der Waals surface area contributed by atoms with Crippen molar-refractivity contribution in [2.24, 2.45) is 5.41 Å². The van der Waals surface area contributed by atoms with Crippen LogP contribution in [0.25, 0.3) is 0 Å². The largest absolute Gasteiger partial charge is 0.420 e. The van der Waals surface area contributed by atoms with E-state index in [2.05, 4.69) is 4.74 Å². The van der Waals surface area contributed by atoms with Crippen molar-refractivity contribution in [1.29, 1.82) is 0 Å². The summed E-state index contributed by atoms with van der Waals surface area (Å²) in [5.74, 6) is -6.23. The molecule has 0 fully saturated rings. The van der Waals surface area contributed by atoms with Crippen LogP contribution in [0, 0.1) is 22.9 Å². The molecule has 0 spiro atoms. The Hall–Kier alpha value is -1.03. The predicted octanol–water partition coefficient (Wildman–Crippen LogP) is 1.35. The maximum atomic E-state index is 13.7. The third-order valence-corrected chi connectivity index (χ3v) is 2.73. The van der Waals surface area contributed by atoms with Crippen molar-refractivity contribution in [3.63, 3.8) is 0 Å². The van der Waals surface area contributed by atoms with E-state index in [1.807, 2.05) is 9.24 Å². The summed E-state index contributed by atoms with van der Waals surface area (Å²) in [5.41, 5.74) is -1.65. The van der Waals surface area contributed by atoms with Crippen LogP contribution in [0.1, 0.15) is 20.8 Å². The fourth-order valence-electron chi connectivity index (χ4n) is 1.01. The van der Waals surface area contributed by atoms with E-state index in [0.29, 0.717) is 0 Å². The van der Waals surface area contributed by atoms with Gasteiger partial charge in [0.05, 0.1) is 5.41 Å². The van der Waals surface area contributed by atoms with Gasteiger partial charge in [0.15, 0.2) is 11.6 Å². The lowest BCUT2D eigenvalue weighted by Gasteiger charge is -2.18. The van der Waals surface area contributed by atoms with Crippen molar-refractivity contribution in [2.75, 3.05) is 0 Å². The quantitative estimate of drug-likeness (QED) is 0.254. The number of ether oxygens (including phenoxy) is 1. The molecule has 0 aliphatic rings. The van der Waals surface area contributed by atoms with Gasteiger partial charge in [0.1, 0.15) is 7.85 Å². The van der Waals surface area contributed by atoms with Crippen LogP contribution in [0.4, 0.5) is 13.2 Å². The van der Waals surface area contributed by atoms with Crippen LogP contribution >= 0.6 is 9.24 Å². The monoisotopic (exact) mass is 274 g/mol. The first-order chi connectivity index (χ1) is 8.07. The molecule has 0 N–H and O–H groups in total. The van der Waals surface area contributed by atoms with Gasteiger partial charge in [-0.3, -0.25) is 4.79 Å². The minimum absolute atomic E-state index is 0.384. The second-order valence-electron chi connectivity index (χ2n) is 4.74. The average Bonchev–Trinajstić information content (AvgIpc) is 2.28. The molecule has 0 saturated carbocycles. The summed E-state index contributed by atoms with van der Waals surface area (Å²) < 4.78 is 45.0. The van der Waals surface area contributed by atoms with E-state index in [1.165, 1.54) is 20.8 Å². The predicted molar refractivity (Wildman–Crippen MR) is 66.1 cm³/mol. The summed E-state index contributed by atoms with van der Waals surface area (Å²) in [4.78, 5) is 11.5. The second-order valence-corrected chi connectivity index (χ2v) is 5.32. The van der Waals surface area contributed by atoms with Crippen molar-refractivity contribution in [1.82, 2.24) is 0 Å². The standard InChI is InChI=1S/C11H11BF3O2P/c1-11(2,3)10(16)17-8-6(14)5(13)4(12)9(18)7(8)15/h18H2,1-3H3. The normalized spacial score (nSPS) is 11.5. The Balaban J connectivity index is 3.31. The van der Waals surface area contributed by atoms with Crippen LogP contribution in [0.15, 0.2) is 0 Å². The molecule has 1 atom stereocenters. The molecule has 0 amide bonds. The molecular formula is C11H11BF3O2P. The lowest BCUT2D eigenvalue weighted by atomic mass is 9.94. The van der Waals surface area contributed by atoms with Crippen LogP contribution in [-0.4, -0.2) is 13.8 Å². The Morgan fingerprint density at radius 2 is 1.67 bits per heavy atom. The molecule has 0 aromatic heterocycles. The fourth-order valence-corrected chi connectivity index (χ4v) is 1.27. The molecule has 0 aliphatic carbocycles. The second kappa shape index (κ2) is 4.92. The van der Waals surface area contributed by atoms with E-state index >= 15 is 0 Å². The fraction of sp³-hybridized carbons (Fsp3) is 0.364. The van der Waals surface area contributed by atoms with Gasteiger partial charge in [0.25, 0.3) is 0 Å². The summed E-state index contributed by atoms with van der Waals surface area (Å²) in [6.07, 6.45) is 0. The van der Waals surface area contributed by atoms with E-state index in [-0.39, 0.29) is 5.30 Å². The van der Waals surface area contributed by atoms with Gasteiger partial charge in [-0.1, -0.05) is 0 Å². The molecule has 2 nitrogen and oxygen atoms in total. The third kappa shape index (κ3) is 2.69. The van der Waals surface area contributed by atoms with Crippen LogP contribution in [0.2, 0.25) is 0 Å². The van der Waals surface area contributed by atoms with E-state index in [9.17, 15) is 18.0 Å². The molecule has 1 unspecified atom stereocenters. The molecule has 1 rings (SSSR count). The minimum atomic E-state index is -1.62. The van der Waals surface area contributed by atoms with Crippen molar-refractivity contribution < 1.29 is 22.7 Å². The first kappa shape index (κ1) is 15.0. The molecule has 7 heteroatoms. The van der Waals surface area contributed by atoms with Gasteiger partial charge in [-0.2, -0.15) is 4.39 Å². The maximum Gasteiger partial charge on any atom is 0.316 e. The first-order valence-corrected chi connectivity index (χ1v) is 5.58. The lowest BCUT2D eigenvalue weighted by molar-refractivity contribution is -0.143. The molecular weight excluding hydrogens is 263 g/mol. The van der Waals surface area contributed by atoms with E-state index in [4.69, 9.17) is 7.85 Å². The highest BCUT2D eigenvalue weighted by atomic mass is 31.0. The molecule has 1 aromatic carbocycles. The van der Waals surface area contributed by atoms with Crippen molar-refractivity contribution in [3.05, 3.63) is 17.5 Å². The smallest absolute Gasteiger partial charge is 0.316 e. The molecule has 0 aliphatic heterocycles. The number of benzene rings is 1. The van der Waals surface area contributed by atoms with Crippen molar-refractivity contribution in [3.8, 4) is 5.75 Å². The first-order valence-electron chi connectivity index (χ1n) is 5.01. The van der Waals surface area contributed by atoms with Crippen LogP contribution < -0.4 is 15.5 Å². The van der Waals surface area contributed by atoms with Crippen LogP contribution in [0.3, 0.4) is 0 Å². The van der Waals surface area contributed by atoms with Gasteiger partial charge in [-0.15, -0.1) is 9.24 Å². The number of hydrogen-bond donors (Lipinski definition) is 0. The van der Waals surface area contributed by atoms with Gasteiger partial charge in [0, 0.05) is 5.30 Å². The Labute approximate surface area is 107 Å². The highest BCUT2D eigenvalue weighted by Gasteiger charge is 2.29. The van der Waals surface area contributed by atoms with E-state index < -0.39 is 40.0 Å². The van der Waals surface area contributed by atoms with Crippen molar-refractivity contribution >= 4 is 33.8 Å². The Morgan fingerprint density at radius 1 is 1.17 bits per heavy atom. The molecule has 0 bridgehead atoms. The number of carbonyl (C=O) groups is 1. The number of hydrogen-bond acceptors (Lipinski definition) is 2. The van der Waals surface area contributed by atoms with Crippen LogP contribution in [0.5, 0.6) is 5.75 Å². The zero-order valence-electron chi connectivity index (χ0n) is 10.1. The van der Waals surface area contributed by atoms with Gasteiger partial charge in [-0.25, -0.2) is 8.78 Å². The number of halogens is 3. The molecule has 0 heterocycles. The molecule has 1 aromatic rings. The summed E-state index contributed by atoms with van der Waals surface area (Å²) >= 11 is 0. The number of esters is 1. The van der Waals surface area contributed by atoms with Gasteiger partial charge >= 0.3 is 5.97 Å². The van der Waals surface area contributed by atoms with Gasteiger partial charge in [-0.05, 0) is 26.2 Å². The third-order valence-electron chi connectivity index (χ3n) is 2.16. The summed E-state index contributed by atoms with van der Waals surface area (Å²) in [7, 11) is 6.98. The Kier molecular flexibility index (Phi) is 4.11. The molecule has 0 saturated heterocycles. The van der Waals surface area contributed by atoms with Crippen LogP contribution in [-0.2, 0) is 4.79 Å². The zero-order valence-corrected chi connectivity index (χ0v) is 11.3. The van der Waals surface area contributed by atoms with Crippen molar-refractivity contribution in [2.45, 2.75) is 20.8 Å². The molecule has 2 radical (unpaired) electrons. The average molecular weight is 274 g/mol. The SMILES string of the molecule is [B]c1c(F)c(F)c(OC(=O)C(C)(C)C)c(F)c1P. The summed E-state index contributed by atoms with van der Waals surface area (Å²) in [6.45, 7) is 4.50. The summed E-state index contributed by atoms with van der Waals surface area (Å²) in [6, 6.07) is 0. The lowest BCUT2D eigenvalue weighted by Crippen LogP contribution is -2.32. The molecule has 96 valence electrons. The highest BCUT2D eigenvalue weighted by molar-refractivity contribution is 7.28. The highest BCUT2D eigenvalue weighted by Crippen LogP contribution is 2.25. The van der Waals surface area contributed by atoms with Gasteiger partial charge < -0.3 is 4.74 Å².